The van der Waals surface area contributed by atoms with E-state index in [1.165, 1.54) is 19.3 Å². The maximum absolute atomic E-state index is 5.95. The SMILES string of the molecule is CC1CCCC1Nc1nc(Cl)nc2sccc12. The molecule has 2 atom stereocenters. The molecule has 0 saturated heterocycles. The van der Waals surface area contributed by atoms with Gasteiger partial charge >= 0.3 is 0 Å². The van der Waals surface area contributed by atoms with E-state index in [9.17, 15) is 0 Å². The fraction of sp³-hybridized carbons (Fsp3) is 0.500. The summed E-state index contributed by atoms with van der Waals surface area (Å²) in [7, 11) is 0. The Bertz CT molecular complexity index is 540. The van der Waals surface area contributed by atoms with Crippen molar-refractivity contribution in [2.45, 2.75) is 32.2 Å². The Balaban J connectivity index is 1.96. The Morgan fingerprint density at radius 3 is 3.06 bits per heavy atom. The van der Waals surface area contributed by atoms with Crippen LogP contribution in [0.15, 0.2) is 11.4 Å². The normalized spacial score (nSPS) is 24.4. The molecule has 1 N–H and O–H groups in total. The van der Waals surface area contributed by atoms with Gasteiger partial charge in [-0.3, -0.25) is 0 Å². The van der Waals surface area contributed by atoms with E-state index in [-0.39, 0.29) is 0 Å². The number of fused-ring (bicyclic) bond motifs is 1. The number of hydrogen-bond donors (Lipinski definition) is 1. The van der Waals surface area contributed by atoms with Gasteiger partial charge in [-0.15, -0.1) is 11.3 Å². The minimum atomic E-state index is 0.327. The number of nitrogens with zero attached hydrogens (tertiary/aromatic N) is 2. The van der Waals surface area contributed by atoms with E-state index in [1.807, 2.05) is 5.38 Å². The van der Waals surface area contributed by atoms with Gasteiger partial charge in [0.15, 0.2) is 0 Å². The first-order valence-electron chi connectivity index (χ1n) is 5.91. The molecule has 2 heterocycles. The van der Waals surface area contributed by atoms with Gasteiger partial charge in [0.2, 0.25) is 5.28 Å². The molecule has 0 aliphatic heterocycles. The molecule has 17 heavy (non-hydrogen) atoms. The average molecular weight is 268 g/mol. The Hall–Kier alpha value is -0.870. The summed E-state index contributed by atoms with van der Waals surface area (Å²) in [6.07, 6.45) is 3.81. The van der Waals surface area contributed by atoms with E-state index in [0.29, 0.717) is 17.2 Å². The first-order valence-corrected chi connectivity index (χ1v) is 7.17. The second kappa shape index (κ2) is 4.42. The van der Waals surface area contributed by atoms with Crippen LogP contribution in [0.5, 0.6) is 0 Å². The van der Waals surface area contributed by atoms with Crippen LogP contribution in [0.1, 0.15) is 26.2 Å². The number of anilines is 1. The Morgan fingerprint density at radius 1 is 1.41 bits per heavy atom. The standard InChI is InChI=1S/C12H14ClN3S/c1-7-3-2-4-9(7)14-10-8-5-6-17-11(8)16-12(13)15-10/h5-7,9H,2-4H2,1H3,(H,14,15,16). The molecule has 2 unspecified atom stereocenters. The van der Waals surface area contributed by atoms with E-state index in [0.717, 1.165) is 16.0 Å². The van der Waals surface area contributed by atoms with Crippen LogP contribution in [0.25, 0.3) is 10.2 Å². The third kappa shape index (κ3) is 2.11. The molecule has 3 rings (SSSR count). The number of hydrogen-bond acceptors (Lipinski definition) is 4. The lowest BCUT2D eigenvalue weighted by molar-refractivity contribution is 0.555. The third-order valence-corrected chi connectivity index (χ3v) is 4.46. The van der Waals surface area contributed by atoms with Crippen molar-refractivity contribution in [3.05, 3.63) is 16.7 Å². The van der Waals surface area contributed by atoms with Crippen LogP contribution in [0.3, 0.4) is 0 Å². The molecule has 0 aromatic carbocycles. The van der Waals surface area contributed by atoms with Crippen LogP contribution >= 0.6 is 22.9 Å². The van der Waals surface area contributed by atoms with Crippen molar-refractivity contribution < 1.29 is 0 Å². The highest BCUT2D eigenvalue weighted by Gasteiger charge is 2.24. The highest BCUT2D eigenvalue weighted by atomic mass is 35.5. The molecular weight excluding hydrogens is 254 g/mol. The maximum atomic E-state index is 5.95. The first kappa shape index (κ1) is 11.2. The minimum absolute atomic E-state index is 0.327. The summed E-state index contributed by atoms with van der Waals surface area (Å²) in [6.45, 7) is 2.29. The Morgan fingerprint density at radius 2 is 2.29 bits per heavy atom. The predicted octanol–water partition coefficient (Wildman–Crippen LogP) is 3.95. The molecule has 5 heteroatoms. The van der Waals surface area contributed by atoms with E-state index >= 15 is 0 Å². The van der Waals surface area contributed by atoms with Crippen molar-refractivity contribution in [3.63, 3.8) is 0 Å². The van der Waals surface area contributed by atoms with Gasteiger partial charge in [0.1, 0.15) is 10.6 Å². The predicted molar refractivity (Wildman–Crippen MR) is 72.9 cm³/mol. The molecule has 0 bridgehead atoms. The number of nitrogens with one attached hydrogen (secondary N) is 1. The number of halogens is 1. The molecule has 0 radical (unpaired) electrons. The molecule has 2 aromatic heterocycles. The zero-order valence-corrected chi connectivity index (χ0v) is 11.2. The summed E-state index contributed by atoms with van der Waals surface area (Å²) >= 11 is 7.55. The lowest BCUT2D eigenvalue weighted by atomic mass is 10.1. The molecule has 1 fully saturated rings. The van der Waals surface area contributed by atoms with E-state index in [2.05, 4.69) is 28.3 Å². The third-order valence-electron chi connectivity index (χ3n) is 3.48. The fourth-order valence-corrected chi connectivity index (χ4v) is 3.46. The molecule has 0 amide bonds. The molecule has 3 nitrogen and oxygen atoms in total. The number of aromatic nitrogens is 2. The van der Waals surface area contributed by atoms with E-state index in [1.54, 1.807) is 11.3 Å². The molecular formula is C12H14ClN3S. The van der Waals surface area contributed by atoms with Gasteiger partial charge in [-0.1, -0.05) is 13.3 Å². The van der Waals surface area contributed by atoms with Crippen molar-refractivity contribution in [3.8, 4) is 0 Å². The van der Waals surface area contributed by atoms with Crippen LogP contribution < -0.4 is 5.32 Å². The summed E-state index contributed by atoms with van der Waals surface area (Å²) in [5.41, 5.74) is 0. The zero-order chi connectivity index (χ0) is 11.8. The van der Waals surface area contributed by atoms with Gasteiger partial charge in [0, 0.05) is 6.04 Å². The van der Waals surface area contributed by atoms with Crippen molar-refractivity contribution in [1.82, 2.24) is 9.97 Å². The maximum Gasteiger partial charge on any atom is 0.225 e. The van der Waals surface area contributed by atoms with Crippen LogP contribution in [0, 0.1) is 5.92 Å². The van der Waals surface area contributed by atoms with E-state index in [4.69, 9.17) is 11.6 Å². The summed E-state index contributed by atoms with van der Waals surface area (Å²) in [5, 5.41) is 6.97. The summed E-state index contributed by atoms with van der Waals surface area (Å²) in [6, 6.07) is 2.57. The zero-order valence-electron chi connectivity index (χ0n) is 9.61. The van der Waals surface area contributed by atoms with E-state index < -0.39 is 0 Å². The number of thiophene rings is 1. The molecule has 0 spiro atoms. The number of rotatable bonds is 2. The minimum Gasteiger partial charge on any atom is -0.366 e. The lowest BCUT2D eigenvalue weighted by Gasteiger charge is -2.18. The molecule has 1 aliphatic carbocycles. The van der Waals surface area contributed by atoms with Crippen molar-refractivity contribution in [2.24, 2.45) is 5.92 Å². The smallest absolute Gasteiger partial charge is 0.225 e. The second-order valence-corrected chi connectivity index (χ2v) is 5.87. The first-order chi connectivity index (χ1) is 8.24. The summed E-state index contributed by atoms with van der Waals surface area (Å²) in [5.74, 6) is 1.59. The monoisotopic (exact) mass is 267 g/mol. The van der Waals surface area contributed by atoms with Gasteiger partial charge in [-0.05, 0) is 41.8 Å². The molecule has 90 valence electrons. The summed E-state index contributed by atoms with van der Waals surface area (Å²) in [4.78, 5) is 9.50. The average Bonchev–Trinajstić information content (AvgIpc) is 2.88. The van der Waals surface area contributed by atoms with Gasteiger partial charge in [-0.2, -0.15) is 0 Å². The fourth-order valence-electron chi connectivity index (χ4n) is 2.47. The topological polar surface area (TPSA) is 37.8 Å². The van der Waals surface area contributed by atoms with Gasteiger partial charge in [-0.25, -0.2) is 9.97 Å². The summed E-state index contributed by atoms with van der Waals surface area (Å²) < 4.78 is 0. The second-order valence-electron chi connectivity index (χ2n) is 4.64. The Kier molecular flexibility index (Phi) is 2.92. The lowest BCUT2D eigenvalue weighted by Crippen LogP contribution is -2.22. The highest BCUT2D eigenvalue weighted by molar-refractivity contribution is 7.16. The van der Waals surface area contributed by atoms with Crippen LogP contribution in [-0.4, -0.2) is 16.0 Å². The van der Waals surface area contributed by atoms with Crippen molar-refractivity contribution >= 4 is 39.0 Å². The van der Waals surface area contributed by atoms with Gasteiger partial charge in [0.05, 0.1) is 5.39 Å². The van der Waals surface area contributed by atoms with Crippen LogP contribution in [0.4, 0.5) is 5.82 Å². The van der Waals surface area contributed by atoms with Crippen LogP contribution in [0.2, 0.25) is 5.28 Å². The quantitative estimate of drug-likeness (QED) is 0.838. The van der Waals surface area contributed by atoms with Crippen molar-refractivity contribution in [1.29, 1.82) is 0 Å². The largest absolute Gasteiger partial charge is 0.366 e. The molecule has 1 aliphatic rings. The van der Waals surface area contributed by atoms with Crippen molar-refractivity contribution in [2.75, 3.05) is 5.32 Å². The highest BCUT2D eigenvalue weighted by Crippen LogP contribution is 2.31. The van der Waals surface area contributed by atoms with Gasteiger partial charge in [0.25, 0.3) is 0 Å². The van der Waals surface area contributed by atoms with Gasteiger partial charge < -0.3 is 5.32 Å². The molecule has 2 aromatic rings. The van der Waals surface area contributed by atoms with Crippen LogP contribution in [-0.2, 0) is 0 Å². The Labute approximate surface area is 109 Å². The molecule has 1 saturated carbocycles.